The predicted octanol–water partition coefficient (Wildman–Crippen LogP) is 8.89. The number of carbonyl (C=O) groups is 3. The fourth-order valence-corrected chi connectivity index (χ4v) is 6.36. The Morgan fingerprint density at radius 1 is 0.714 bits per heavy atom. The summed E-state index contributed by atoms with van der Waals surface area (Å²) in [7, 11) is 3.05. The van der Waals surface area contributed by atoms with E-state index < -0.39 is 17.1 Å². The lowest BCUT2D eigenvalue weighted by atomic mass is 10.1. The number of methoxy groups -OCH3 is 2. The average Bonchev–Trinajstić information content (AvgIpc) is 3.10. The van der Waals surface area contributed by atoms with Crippen molar-refractivity contribution in [2.75, 3.05) is 24.9 Å². The van der Waals surface area contributed by atoms with Gasteiger partial charge in [0.1, 0.15) is 22.4 Å². The van der Waals surface area contributed by atoms with Crippen molar-refractivity contribution in [3.8, 4) is 11.5 Å². The van der Waals surface area contributed by atoms with E-state index in [1.54, 1.807) is 92.0 Å². The molecule has 0 heterocycles. The molecular formula is C38H31Cl2N3O5S. The van der Waals surface area contributed by atoms with Gasteiger partial charge < -0.3 is 25.4 Å². The van der Waals surface area contributed by atoms with Gasteiger partial charge in [-0.15, -0.1) is 11.8 Å². The minimum absolute atomic E-state index is 0.0166. The molecule has 0 fully saturated rings. The Morgan fingerprint density at radius 3 is 2.08 bits per heavy atom. The molecule has 5 aromatic carbocycles. The highest BCUT2D eigenvalue weighted by molar-refractivity contribution is 8.00. The van der Waals surface area contributed by atoms with Crippen molar-refractivity contribution in [2.24, 2.45) is 0 Å². The lowest BCUT2D eigenvalue weighted by molar-refractivity contribution is -0.116. The maximum Gasteiger partial charge on any atom is 0.272 e. The summed E-state index contributed by atoms with van der Waals surface area (Å²) in [5, 5.41) is 8.67. The standard InChI is InChI=1S/C38H31Cl2N3O5S/c1-47-31-17-16-26(34(23-31)48-2)18-33(43-36(44)25-12-7-4-8-13-25)37(45)41-29-14-9-15-32(22-29)49-35(24-10-5-3-6-11-24)38(46)42-30-20-27(39)19-28(40)21-30/h3-23,35H,1-2H3,(H,41,45)(H,42,46)(H,43,44)/b33-18+. The molecule has 5 aromatic rings. The third-order valence-corrected chi connectivity index (χ3v) is 8.77. The largest absolute Gasteiger partial charge is 0.497 e. The summed E-state index contributed by atoms with van der Waals surface area (Å²) in [5.74, 6) is -0.300. The Labute approximate surface area is 298 Å². The van der Waals surface area contributed by atoms with E-state index >= 15 is 0 Å². The van der Waals surface area contributed by atoms with Gasteiger partial charge in [0, 0.05) is 43.5 Å². The first kappa shape index (κ1) is 35.1. The molecule has 0 aliphatic heterocycles. The van der Waals surface area contributed by atoms with E-state index in [0.717, 1.165) is 5.56 Å². The second-order valence-corrected chi connectivity index (χ2v) is 12.6. The smallest absolute Gasteiger partial charge is 0.272 e. The van der Waals surface area contributed by atoms with Crippen LogP contribution in [-0.4, -0.2) is 31.9 Å². The maximum atomic E-state index is 13.8. The summed E-state index contributed by atoms with van der Waals surface area (Å²) >= 11 is 13.6. The Morgan fingerprint density at radius 2 is 1.41 bits per heavy atom. The first-order valence-corrected chi connectivity index (χ1v) is 16.6. The number of hydrogen-bond donors (Lipinski definition) is 3. The topological polar surface area (TPSA) is 106 Å². The van der Waals surface area contributed by atoms with E-state index in [9.17, 15) is 14.4 Å². The number of hydrogen-bond acceptors (Lipinski definition) is 6. The Bertz CT molecular complexity index is 1970. The summed E-state index contributed by atoms with van der Waals surface area (Å²) < 4.78 is 10.8. The van der Waals surface area contributed by atoms with Gasteiger partial charge in [-0.05, 0) is 72.3 Å². The number of benzene rings is 5. The molecule has 3 N–H and O–H groups in total. The van der Waals surface area contributed by atoms with Gasteiger partial charge in [0.15, 0.2) is 0 Å². The molecule has 248 valence electrons. The zero-order valence-corrected chi connectivity index (χ0v) is 28.7. The molecule has 0 saturated heterocycles. The lowest BCUT2D eigenvalue weighted by Gasteiger charge is -2.18. The van der Waals surface area contributed by atoms with Crippen LogP contribution in [0, 0.1) is 0 Å². The number of anilines is 2. The van der Waals surface area contributed by atoms with Crippen LogP contribution in [0.25, 0.3) is 6.08 Å². The van der Waals surface area contributed by atoms with Crippen molar-refractivity contribution in [1.29, 1.82) is 0 Å². The van der Waals surface area contributed by atoms with Gasteiger partial charge in [0.05, 0.1) is 14.2 Å². The lowest BCUT2D eigenvalue weighted by Crippen LogP contribution is -2.30. The number of rotatable bonds is 12. The molecule has 8 nitrogen and oxygen atoms in total. The van der Waals surface area contributed by atoms with Crippen LogP contribution in [0.5, 0.6) is 11.5 Å². The van der Waals surface area contributed by atoms with E-state index in [-0.39, 0.29) is 11.6 Å². The molecule has 0 aliphatic carbocycles. The molecule has 11 heteroatoms. The van der Waals surface area contributed by atoms with Gasteiger partial charge in [-0.2, -0.15) is 0 Å². The van der Waals surface area contributed by atoms with Crippen molar-refractivity contribution < 1.29 is 23.9 Å². The Balaban J connectivity index is 1.41. The molecule has 5 rings (SSSR count). The number of halogens is 2. The molecular weight excluding hydrogens is 681 g/mol. The normalized spacial score (nSPS) is 11.6. The highest BCUT2D eigenvalue weighted by Gasteiger charge is 2.23. The van der Waals surface area contributed by atoms with Gasteiger partial charge >= 0.3 is 0 Å². The summed E-state index contributed by atoms with van der Waals surface area (Å²) in [4.78, 5) is 41.3. The monoisotopic (exact) mass is 711 g/mol. The van der Waals surface area contributed by atoms with Gasteiger partial charge in [-0.25, -0.2) is 0 Å². The quantitative estimate of drug-likeness (QED) is 0.0882. The zero-order valence-electron chi connectivity index (χ0n) is 26.4. The minimum atomic E-state index is -0.659. The second-order valence-electron chi connectivity index (χ2n) is 10.5. The fourth-order valence-electron chi connectivity index (χ4n) is 4.75. The van der Waals surface area contributed by atoms with Crippen LogP contribution in [0.1, 0.15) is 26.7 Å². The van der Waals surface area contributed by atoms with Gasteiger partial charge in [-0.1, -0.05) is 77.8 Å². The van der Waals surface area contributed by atoms with Crippen molar-refractivity contribution in [1.82, 2.24) is 5.32 Å². The van der Waals surface area contributed by atoms with Crippen molar-refractivity contribution in [3.05, 3.63) is 154 Å². The van der Waals surface area contributed by atoms with Crippen molar-refractivity contribution in [3.63, 3.8) is 0 Å². The van der Waals surface area contributed by atoms with E-state index in [1.807, 2.05) is 36.4 Å². The number of ether oxygens (including phenoxy) is 2. The van der Waals surface area contributed by atoms with Crippen LogP contribution in [-0.2, 0) is 9.59 Å². The molecule has 0 spiro atoms. The predicted molar refractivity (Wildman–Crippen MR) is 197 cm³/mol. The highest BCUT2D eigenvalue weighted by Crippen LogP contribution is 2.38. The van der Waals surface area contributed by atoms with E-state index in [4.69, 9.17) is 32.7 Å². The van der Waals surface area contributed by atoms with Crippen LogP contribution < -0.4 is 25.4 Å². The maximum absolute atomic E-state index is 13.8. The third-order valence-electron chi connectivity index (χ3n) is 7.09. The summed E-state index contributed by atoms with van der Waals surface area (Å²) in [6.07, 6.45) is 1.53. The summed E-state index contributed by atoms with van der Waals surface area (Å²) in [5.41, 5.74) is 2.60. The number of amides is 3. The van der Waals surface area contributed by atoms with Gasteiger partial charge in [-0.3, -0.25) is 14.4 Å². The zero-order chi connectivity index (χ0) is 34.8. The Hall–Kier alpha value is -5.22. The summed E-state index contributed by atoms with van der Waals surface area (Å²) in [6, 6.07) is 35.0. The van der Waals surface area contributed by atoms with Gasteiger partial charge in [0.25, 0.3) is 11.8 Å². The first-order chi connectivity index (χ1) is 23.7. The van der Waals surface area contributed by atoms with E-state index in [1.165, 1.54) is 24.9 Å². The van der Waals surface area contributed by atoms with E-state index in [2.05, 4.69) is 16.0 Å². The molecule has 0 radical (unpaired) electrons. The van der Waals surface area contributed by atoms with Crippen molar-refractivity contribution in [2.45, 2.75) is 10.1 Å². The third kappa shape index (κ3) is 9.67. The van der Waals surface area contributed by atoms with Crippen LogP contribution in [0.3, 0.4) is 0 Å². The highest BCUT2D eigenvalue weighted by atomic mass is 35.5. The molecule has 1 atom stereocenters. The number of nitrogens with one attached hydrogen (secondary N) is 3. The molecule has 0 aliphatic rings. The van der Waals surface area contributed by atoms with E-state index in [0.29, 0.717) is 48.9 Å². The van der Waals surface area contributed by atoms with Gasteiger partial charge in [0.2, 0.25) is 5.91 Å². The summed E-state index contributed by atoms with van der Waals surface area (Å²) in [6.45, 7) is 0. The second kappa shape index (κ2) is 16.7. The molecule has 49 heavy (non-hydrogen) atoms. The minimum Gasteiger partial charge on any atom is -0.497 e. The Kier molecular flexibility index (Phi) is 12.0. The number of thioether (sulfide) groups is 1. The van der Waals surface area contributed by atoms with Crippen LogP contribution in [0.2, 0.25) is 10.0 Å². The number of carbonyl (C=O) groups excluding carboxylic acids is 3. The molecule has 0 bridgehead atoms. The van der Waals surface area contributed by atoms with Crippen LogP contribution in [0.4, 0.5) is 11.4 Å². The van der Waals surface area contributed by atoms with Crippen molar-refractivity contribution >= 4 is 70.1 Å². The fraction of sp³-hybridized carbons (Fsp3) is 0.0789. The van der Waals surface area contributed by atoms with Crippen LogP contribution in [0.15, 0.2) is 132 Å². The molecule has 0 saturated carbocycles. The molecule has 1 unspecified atom stereocenters. The molecule has 0 aromatic heterocycles. The first-order valence-electron chi connectivity index (χ1n) is 14.9. The average molecular weight is 713 g/mol. The SMILES string of the molecule is COc1ccc(/C=C(/NC(=O)c2ccccc2)C(=O)Nc2cccc(SC(C(=O)Nc3cc(Cl)cc(Cl)c3)c3ccccc3)c2)c(OC)c1. The van der Waals surface area contributed by atoms with Crippen LogP contribution >= 0.6 is 35.0 Å². The molecule has 3 amide bonds.